The molecule has 0 radical (unpaired) electrons. The lowest BCUT2D eigenvalue weighted by molar-refractivity contribution is -0.149. The van der Waals surface area contributed by atoms with Crippen molar-refractivity contribution in [1.82, 2.24) is 19.4 Å². The summed E-state index contributed by atoms with van der Waals surface area (Å²) < 4.78 is 7.80. The number of nitrogens with zero attached hydrogens (tertiary/aromatic N) is 4. The van der Waals surface area contributed by atoms with Crippen LogP contribution in [0.1, 0.15) is 41.1 Å². The number of carbonyl (C=O) groups is 2. The number of hydrogen-bond donors (Lipinski definition) is 0. The molecule has 8 nitrogen and oxygen atoms in total. The maximum atomic E-state index is 14.1. The Morgan fingerprint density at radius 2 is 1.73 bits per heavy atom. The Morgan fingerprint density at radius 1 is 1.02 bits per heavy atom. The minimum atomic E-state index is -1.28. The Hall–Kier alpha value is -3.53. The van der Waals surface area contributed by atoms with Crippen LogP contribution in [0.15, 0.2) is 82.1 Å². The molecule has 0 bridgehead atoms. The van der Waals surface area contributed by atoms with Gasteiger partial charge in [0.2, 0.25) is 0 Å². The van der Waals surface area contributed by atoms with Crippen molar-refractivity contribution in [3.8, 4) is 0 Å². The third-order valence-electron chi connectivity index (χ3n) is 6.55. The molecule has 0 N–H and O–H groups in total. The minimum absolute atomic E-state index is 0.0929. The Labute approximate surface area is 252 Å². The molecule has 1 unspecified atom stereocenters. The van der Waals surface area contributed by atoms with Crippen molar-refractivity contribution in [2.45, 2.75) is 25.9 Å². The maximum Gasteiger partial charge on any atom is 0.336 e. The van der Waals surface area contributed by atoms with Crippen LogP contribution in [0.3, 0.4) is 0 Å². The SMILES string of the molecule is CCOC(=O)C(c1nc2cc(Cl)ccc2c(=O)n1Cc1ccccc1)N(CCCN(C)C)C(=O)c1ccc(Br)cc1. The Balaban J connectivity index is 1.96. The van der Waals surface area contributed by atoms with Gasteiger partial charge < -0.3 is 14.5 Å². The number of esters is 1. The van der Waals surface area contributed by atoms with E-state index in [-0.39, 0.29) is 37.0 Å². The standard InChI is InChI=1S/C31H32BrClN4O4/c1-4-41-31(40)27(36(18-8-17-35(2)3)29(38)22-11-13-23(32)14-12-22)28-34-26-19-24(33)15-16-25(26)30(39)37(28)20-21-9-6-5-7-10-21/h5-7,9-16,19,27H,4,8,17-18,20H2,1-3H3. The Kier molecular flexibility index (Phi) is 10.3. The van der Waals surface area contributed by atoms with E-state index in [0.717, 1.165) is 10.0 Å². The first-order chi connectivity index (χ1) is 19.7. The second kappa shape index (κ2) is 13.9. The summed E-state index contributed by atoms with van der Waals surface area (Å²) in [6, 6.07) is 19.9. The van der Waals surface area contributed by atoms with Crippen LogP contribution < -0.4 is 5.56 Å². The van der Waals surface area contributed by atoms with Crippen LogP contribution in [0.5, 0.6) is 0 Å². The van der Waals surface area contributed by atoms with Crippen LogP contribution in [-0.2, 0) is 16.1 Å². The van der Waals surface area contributed by atoms with Crippen molar-refractivity contribution in [3.05, 3.63) is 110 Å². The zero-order chi connectivity index (χ0) is 29.5. The lowest BCUT2D eigenvalue weighted by atomic mass is 10.1. The van der Waals surface area contributed by atoms with E-state index in [9.17, 15) is 14.4 Å². The maximum absolute atomic E-state index is 14.1. The molecule has 0 aliphatic carbocycles. The van der Waals surface area contributed by atoms with E-state index >= 15 is 0 Å². The van der Waals surface area contributed by atoms with E-state index in [0.29, 0.717) is 34.5 Å². The van der Waals surface area contributed by atoms with E-state index in [2.05, 4.69) is 15.9 Å². The number of carbonyl (C=O) groups excluding carboxylic acids is 2. The van der Waals surface area contributed by atoms with Crippen molar-refractivity contribution in [2.24, 2.45) is 0 Å². The number of benzene rings is 3. The highest BCUT2D eigenvalue weighted by atomic mass is 79.9. The molecule has 4 rings (SSSR count). The number of halogens is 2. The molecule has 0 aliphatic heterocycles. The lowest BCUT2D eigenvalue weighted by Crippen LogP contribution is -2.44. The summed E-state index contributed by atoms with van der Waals surface area (Å²) in [6.07, 6.45) is 0.577. The smallest absolute Gasteiger partial charge is 0.336 e. The average Bonchev–Trinajstić information content (AvgIpc) is 2.94. The molecule has 1 amide bonds. The second-order valence-corrected chi connectivity index (χ2v) is 11.2. The summed E-state index contributed by atoms with van der Waals surface area (Å²) >= 11 is 9.69. The molecule has 4 aromatic rings. The zero-order valence-corrected chi connectivity index (χ0v) is 25.6. The fourth-order valence-corrected chi connectivity index (χ4v) is 5.03. The molecule has 214 valence electrons. The van der Waals surface area contributed by atoms with Gasteiger partial charge in [0.1, 0.15) is 5.82 Å². The van der Waals surface area contributed by atoms with Crippen LogP contribution in [0.4, 0.5) is 0 Å². The Morgan fingerprint density at radius 3 is 2.39 bits per heavy atom. The molecule has 0 aliphatic rings. The first kappa shape index (κ1) is 30.4. The van der Waals surface area contributed by atoms with Gasteiger partial charge in [-0.2, -0.15) is 0 Å². The molecule has 0 fully saturated rings. The molecular formula is C31H32BrClN4O4. The lowest BCUT2D eigenvalue weighted by Gasteiger charge is -2.32. The largest absolute Gasteiger partial charge is 0.464 e. The monoisotopic (exact) mass is 638 g/mol. The van der Waals surface area contributed by atoms with Crippen LogP contribution in [0, 0.1) is 0 Å². The average molecular weight is 640 g/mol. The third-order valence-corrected chi connectivity index (χ3v) is 7.32. The topological polar surface area (TPSA) is 84.7 Å². The molecule has 3 aromatic carbocycles. The first-order valence-electron chi connectivity index (χ1n) is 13.3. The van der Waals surface area contributed by atoms with Crippen LogP contribution in [-0.4, -0.2) is 65.0 Å². The summed E-state index contributed by atoms with van der Waals surface area (Å²) in [4.78, 5) is 50.1. The van der Waals surface area contributed by atoms with Gasteiger partial charge in [-0.25, -0.2) is 9.78 Å². The molecule has 0 spiro atoms. The minimum Gasteiger partial charge on any atom is -0.464 e. The Bertz CT molecular complexity index is 1580. The van der Waals surface area contributed by atoms with Gasteiger partial charge in [-0.3, -0.25) is 14.2 Å². The summed E-state index contributed by atoms with van der Waals surface area (Å²) in [6.45, 7) is 2.85. The van der Waals surface area contributed by atoms with Crippen molar-refractivity contribution < 1.29 is 14.3 Å². The summed E-state index contributed by atoms with van der Waals surface area (Å²) in [5, 5.41) is 0.757. The van der Waals surface area contributed by atoms with E-state index in [4.69, 9.17) is 21.3 Å². The molecule has 1 heterocycles. The number of aromatic nitrogens is 2. The fourth-order valence-electron chi connectivity index (χ4n) is 4.60. The molecule has 0 saturated heterocycles. The molecule has 0 saturated carbocycles. The predicted octanol–water partition coefficient (Wildman–Crippen LogP) is 5.56. The van der Waals surface area contributed by atoms with Crippen LogP contribution in [0.2, 0.25) is 5.02 Å². The molecule has 41 heavy (non-hydrogen) atoms. The fraction of sp³-hybridized carbons (Fsp3) is 0.290. The number of hydrogen-bond acceptors (Lipinski definition) is 6. The van der Waals surface area contributed by atoms with Crippen molar-refractivity contribution in [3.63, 3.8) is 0 Å². The van der Waals surface area contributed by atoms with Gasteiger partial charge in [-0.05, 0) is 82.0 Å². The van der Waals surface area contributed by atoms with Crippen LogP contribution >= 0.6 is 27.5 Å². The molecule has 1 atom stereocenters. The summed E-state index contributed by atoms with van der Waals surface area (Å²) in [5.74, 6) is -0.929. The van der Waals surface area contributed by atoms with E-state index in [1.807, 2.05) is 49.3 Å². The first-order valence-corrected chi connectivity index (χ1v) is 14.5. The third kappa shape index (κ3) is 7.41. The van der Waals surface area contributed by atoms with E-state index in [1.54, 1.807) is 49.4 Å². The van der Waals surface area contributed by atoms with Gasteiger partial charge in [0, 0.05) is 21.6 Å². The van der Waals surface area contributed by atoms with Crippen molar-refractivity contribution in [2.75, 3.05) is 33.8 Å². The van der Waals surface area contributed by atoms with Crippen molar-refractivity contribution in [1.29, 1.82) is 0 Å². The highest BCUT2D eigenvalue weighted by Gasteiger charge is 2.37. The zero-order valence-electron chi connectivity index (χ0n) is 23.2. The van der Waals surface area contributed by atoms with Gasteiger partial charge in [0.25, 0.3) is 11.5 Å². The predicted molar refractivity (Wildman–Crippen MR) is 164 cm³/mol. The molecule has 1 aromatic heterocycles. The van der Waals surface area contributed by atoms with Crippen LogP contribution in [0.25, 0.3) is 10.9 Å². The number of rotatable bonds is 11. The summed E-state index contributed by atoms with van der Waals surface area (Å²) in [7, 11) is 3.88. The summed E-state index contributed by atoms with van der Waals surface area (Å²) in [5.41, 5.74) is 1.23. The molecule has 10 heteroatoms. The van der Waals surface area contributed by atoms with Gasteiger partial charge in [0.05, 0.1) is 24.1 Å². The quantitative estimate of drug-likeness (QED) is 0.200. The number of amides is 1. The van der Waals surface area contributed by atoms with Gasteiger partial charge in [-0.15, -0.1) is 0 Å². The second-order valence-electron chi connectivity index (χ2n) is 9.83. The number of fused-ring (bicyclic) bond motifs is 1. The van der Waals surface area contributed by atoms with Gasteiger partial charge in [-0.1, -0.05) is 57.9 Å². The van der Waals surface area contributed by atoms with Crippen molar-refractivity contribution >= 4 is 50.3 Å². The van der Waals surface area contributed by atoms with E-state index in [1.165, 1.54) is 9.47 Å². The molecular weight excluding hydrogens is 608 g/mol. The normalized spacial score (nSPS) is 12.0. The van der Waals surface area contributed by atoms with E-state index < -0.39 is 12.0 Å². The number of ether oxygens (including phenoxy) is 1. The highest BCUT2D eigenvalue weighted by Crippen LogP contribution is 2.27. The van der Waals surface area contributed by atoms with Gasteiger partial charge >= 0.3 is 5.97 Å². The van der Waals surface area contributed by atoms with Gasteiger partial charge in [0.15, 0.2) is 6.04 Å². The highest BCUT2D eigenvalue weighted by molar-refractivity contribution is 9.10.